The molecule has 2 aromatic carbocycles. The van der Waals surface area contributed by atoms with Gasteiger partial charge in [-0.2, -0.15) is 0 Å². The molecule has 0 unspecified atom stereocenters. The molecule has 3 rings (SSSR count). The van der Waals surface area contributed by atoms with Crippen molar-refractivity contribution in [1.82, 2.24) is 4.98 Å². The highest BCUT2D eigenvalue weighted by Crippen LogP contribution is 2.07. The van der Waals surface area contributed by atoms with Crippen LogP contribution >= 0.6 is 0 Å². The van der Waals surface area contributed by atoms with Crippen LogP contribution in [-0.2, 0) is 19.3 Å². The molecule has 0 bridgehead atoms. The molecule has 0 amide bonds. The molecular formula is C29H41N. The molecule has 0 radical (unpaired) electrons. The van der Waals surface area contributed by atoms with Gasteiger partial charge in [-0.05, 0) is 60.3 Å². The van der Waals surface area contributed by atoms with Crippen molar-refractivity contribution in [3.05, 3.63) is 102 Å². The first kappa shape index (κ1) is 25.6. The number of benzene rings is 2. The van der Waals surface area contributed by atoms with Crippen LogP contribution in [0.15, 0.2) is 85.1 Å². The van der Waals surface area contributed by atoms with Gasteiger partial charge < -0.3 is 0 Å². The minimum Gasteiger partial charge on any atom is -0.261 e. The lowest BCUT2D eigenvalue weighted by Crippen LogP contribution is -1.95. The molecule has 0 aliphatic rings. The predicted octanol–water partition coefficient (Wildman–Crippen LogP) is 8.05. The van der Waals surface area contributed by atoms with E-state index in [2.05, 4.69) is 113 Å². The number of rotatable bonds is 6. The van der Waals surface area contributed by atoms with Gasteiger partial charge in [0.05, 0.1) is 0 Å². The highest BCUT2D eigenvalue weighted by molar-refractivity contribution is 5.15. The Labute approximate surface area is 185 Å². The molecule has 0 saturated carbocycles. The topological polar surface area (TPSA) is 12.9 Å². The third-order valence-corrected chi connectivity index (χ3v) is 4.32. The van der Waals surface area contributed by atoms with Gasteiger partial charge in [0.15, 0.2) is 0 Å². The largest absolute Gasteiger partial charge is 0.261 e. The maximum absolute atomic E-state index is 4.22. The Balaban J connectivity index is 0.000000225. The summed E-state index contributed by atoms with van der Waals surface area (Å²) in [5.41, 5.74) is 4.08. The van der Waals surface area contributed by atoms with Crippen LogP contribution < -0.4 is 0 Å². The Morgan fingerprint density at radius 3 is 1.23 bits per heavy atom. The zero-order valence-corrected chi connectivity index (χ0v) is 19.9. The summed E-state index contributed by atoms with van der Waals surface area (Å²) in [4.78, 5) is 4.22. The number of hydrogen-bond donors (Lipinski definition) is 0. The van der Waals surface area contributed by atoms with Gasteiger partial charge in [0.25, 0.3) is 0 Å². The smallest absolute Gasteiger partial charge is 0.0406 e. The number of aromatic nitrogens is 1. The fraction of sp³-hybridized carbons (Fsp3) is 0.414. The minimum absolute atomic E-state index is 0.704. The first-order valence-corrected chi connectivity index (χ1v) is 11.3. The van der Waals surface area contributed by atoms with Gasteiger partial charge in [0.1, 0.15) is 0 Å². The van der Waals surface area contributed by atoms with Crippen LogP contribution in [0.25, 0.3) is 0 Å². The summed E-state index contributed by atoms with van der Waals surface area (Å²) in [5, 5.41) is 0. The summed E-state index contributed by atoms with van der Waals surface area (Å²) in [6, 6.07) is 27.3. The van der Waals surface area contributed by atoms with E-state index in [1.807, 2.05) is 18.3 Å². The standard InChI is InChI=1S/2C10H14.C9H13N/c2*1-9(2)8-10-6-4-3-5-7-10;1-8(2)7-9-5-3-4-6-10-9/h2*3-7,9H,8H2,1-2H3;3-6,8H,7H2,1-2H3. The van der Waals surface area contributed by atoms with Crippen LogP contribution in [0.1, 0.15) is 58.4 Å². The van der Waals surface area contributed by atoms with Crippen molar-refractivity contribution in [2.24, 2.45) is 17.8 Å². The Kier molecular flexibility index (Phi) is 13.2. The second-order valence-corrected chi connectivity index (χ2v) is 9.09. The van der Waals surface area contributed by atoms with Gasteiger partial charge in [0.2, 0.25) is 0 Å². The fourth-order valence-corrected chi connectivity index (χ4v) is 3.11. The van der Waals surface area contributed by atoms with Crippen molar-refractivity contribution in [2.75, 3.05) is 0 Å². The zero-order chi connectivity index (χ0) is 22.2. The van der Waals surface area contributed by atoms with Gasteiger partial charge >= 0.3 is 0 Å². The SMILES string of the molecule is CC(C)Cc1ccccc1.CC(C)Cc1ccccc1.CC(C)Cc1ccccn1. The van der Waals surface area contributed by atoms with E-state index in [1.54, 1.807) is 0 Å². The van der Waals surface area contributed by atoms with Gasteiger partial charge in [-0.15, -0.1) is 0 Å². The van der Waals surface area contributed by atoms with Crippen molar-refractivity contribution >= 4 is 0 Å². The summed E-state index contributed by atoms with van der Waals surface area (Å²) in [6.45, 7) is 13.4. The lowest BCUT2D eigenvalue weighted by molar-refractivity contribution is 0.635. The van der Waals surface area contributed by atoms with Gasteiger partial charge in [-0.1, -0.05) is 108 Å². The van der Waals surface area contributed by atoms with E-state index in [-0.39, 0.29) is 0 Å². The summed E-state index contributed by atoms with van der Waals surface area (Å²) < 4.78 is 0. The molecule has 1 aromatic heterocycles. The van der Waals surface area contributed by atoms with E-state index in [0.29, 0.717) is 5.92 Å². The molecule has 0 aliphatic carbocycles. The summed E-state index contributed by atoms with van der Waals surface area (Å²) >= 11 is 0. The summed E-state index contributed by atoms with van der Waals surface area (Å²) in [7, 11) is 0. The summed E-state index contributed by atoms with van der Waals surface area (Å²) in [5.74, 6) is 2.24. The number of nitrogens with zero attached hydrogens (tertiary/aromatic N) is 1. The average Bonchev–Trinajstić information content (AvgIpc) is 2.70. The highest BCUT2D eigenvalue weighted by atomic mass is 14.7. The lowest BCUT2D eigenvalue weighted by Gasteiger charge is -2.02. The summed E-state index contributed by atoms with van der Waals surface area (Å²) in [6.07, 6.45) is 5.32. The number of hydrogen-bond acceptors (Lipinski definition) is 1. The quantitative estimate of drug-likeness (QED) is 0.405. The molecular weight excluding hydrogens is 362 g/mol. The van der Waals surface area contributed by atoms with E-state index in [9.17, 15) is 0 Å². The third kappa shape index (κ3) is 13.7. The van der Waals surface area contributed by atoms with Gasteiger partial charge in [-0.25, -0.2) is 0 Å². The normalized spacial score (nSPS) is 10.3. The molecule has 1 nitrogen and oxygen atoms in total. The Bertz CT molecular complexity index is 638. The molecule has 30 heavy (non-hydrogen) atoms. The Morgan fingerprint density at radius 1 is 0.500 bits per heavy atom. The van der Waals surface area contributed by atoms with Crippen LogP contribution in [0.4, 0.5) is 0 Å². The lowest BCUT2D eigenvalue weighted by atomic mass is 10.0. The van der Waals surface area contributed by atoms with Crippen molar-refractivity contribution < 1.29 is 0 Å². The van der Waals surface area contributed by atoms with Crippen LogP contribution in [0, 0.1) is 17.8 Å². The molecule has 0 N–H and O–H groups in total. The van der Waals surface area contributed by atoms with Gasteiger partial charge in [0, 0.05) is 11.9 Å². The second kappa shape index (κ2) is 15.4. The molecule has 0 aliphatic heterocycles. The molecule has 0 fully saturated rings. The maximum atomic E-state index is 4.22. The van der Waals surface area contributed by atoms with Crippen LogP contribution in [0.3, 0.4) is 0 Å². The van der Waals surface area contributed by atoms with E-state index < -0.39 is 0 Å². The molecule has 0 saturated heterocycles. The van der Waals surface area contributed by atoms with E-state index >= 15 is 0 Å². The van der Waals surface area contributed by atoms with Crippen LogP contribution in [-0.4, -0.2) is 4.98 Å². The predicted molar refractivity (Wildman–Crippen MR) is 133 cm³/mol. The Hall–Kier alpha value is -2.41. The van der Waals surface area contributed by atoms with Crippen molar-refractivity contribution in [1.29, 1.82) is 0 Å². The van der Waals surface area contributed by atoms with Crippen LogP contribution in [0.5, 0.6) is 0 Å². The van der Waals surface area contributed by atoms with Gasteiger partial charge in [-0.3, -0.25) is 4.98 Å². The fourth-order valence-electron chi connectivity index (χ4n) is 3.11. The molecule has 162 valence electrons. The van der Waals surface area contributed by atoms with Crippen molar-refractivity contribution in [3.8, 4) is 0 Å². The van der Waals surface area contributed by atoms with Crippen molar-refractivity contribution in [2.45, 2.75) is 60.8 Å². The van der Waals surface area contributed by atoms with E-state index in [4.69, 9.17) is 0 Å². The second-order valence-electron chi connectivity index (χ2n) is 9.09. The first-order valence-electron chi connectivity index (χ1n) is 11.3. The average molecular weight is 404 g/mol. The maximum Gasteiger partial charge on any atom is 0.0406 e. The molecule has 0 spiro atoms. The molecule has 0 atom stereocenters. The van der Waals surface area contributed by atoms with E-state index in [0.717, 1.165) is 18.3 Å². The van der Waals surface area contributed by atoms with E-state index in [1.165, 1.54) is 29.7 Å². The van der Waals surface area contributed by atoms with Crippen molar-refractivity contribution in [3.63, 3.8) is 0 Å². The third-order valence-electron chi connectivity index (χ3n) is 4.32. The molecule has 1 heteroatoms. The zero-order valence-electron chi connectivity index (χ0n) is 19.9. The number of pyridine rings is 1. The monoisotopic (exact) mass is 403 g/mol. The Morgan fingerprint density at radius 2 is 0.900 bits per heavy atom. The molecule has 3 aromatic rings. The first-order chi connectivity index (χ1) is 14.4. The highest BCUT2D eigenvalue weighted by Gasteiger charge is 1.96. The van der Waals surface area contributed by atoms with Crippen LogP contribution in [0.2, 0.25) is 0 Å². The minimum atomic E-state index is 0.704. The molecule has 1 heterocycles.